The van der Waals surface area contributed by atoms with E-state index in [0.29, 0.717) is 26.2 Å². The summed E-state index contributed by atoms with van der Waals surface area (Å²) in [7, 11) is 0. The number of amides is 3. The fraction of sp³-hybridized carbons (Fsp3) is 0.500. The second-order valence-electron chi connectivity index (χ2n) is 5.75. The van der Waals surface area contributed by atoms with E-state index in [0.717, 1.165) is 17.1 Å². The van der Waals surface area contributed by atoms with Gasteiger partial charge in [-0.05, 0) is 30.0 Å². The first-order valence-electron chi connectivity index (χ1n) is 7.69. The predicted molar refractivity (Wildman–Crippen MR) is 85.5 cm³/mol. The van der Waals surface area contributed by atoms with Gasteiger partial charge in [-0.15, -0.1) is 0 Å². The molecule has 1 unspecified atom stereocenters. The van der Waals surface area contributed by atoms with Crippen molar-refractivity contribution in [3.8, 4) is 11.5 Å². The normalized spacial score (nSPS) is 14.2. The topological polar surface area (TPSA) is 103 Å². The van der Waals surface area contributed by atoms with Crippen LogP contribution < -0.4 is 25.8 Å². The van der Waals surface area contributed by atoms with Crippen LogP contribution in [0.5, 0.6) is 11.5 Å². The van der Waals surface area contributed by atoms with E-state index in [1.165, 1.54) is 0 Å². The van der Waals surface area contributed by atoms with Gasteiger partial charge in [0.25, 0.3) is 0 Å². The molecule has 1 aromatic carbocycles. The summed E-state index contributed by atoms with van der Waals surface area (Å²) in [5.41, 5.74) is 6.14. The first kappa shape index (κ1) is 16.9. The lowest BCUT2D eigenvalue weighted by Crippen LogP contribution is -2.51. The fourth-order valence-electron chi connectivity index (χ4n) is 2.37. The third-order valence-electron chi connectivity index (χ3n) is 3.57. The van der Waals surface area contributed by atoms with Crippen LogP contribution >= 0.6 is 0 Å². The summed E-state index contributed by atoms with van der Waals surface area (Å²) >= 11 is 0. The lowest BCUT2D eigenvalue weighted by Gasteiger charge is -2.21. The molecule has 0 saturated heterocycles. The Kier molecular flexibility index (Phi) is 5.67. The molecule has 1 heterocycles. The van der Waals surface area contributed by atoms with Crippen LogP contribution in [-0.2, 0) is 11.2 Å². The summed E-state index contributed by atoms with van der Waals surface area (Å²) in [6.07, 6.45) is 0.657. The molecule has 2 rings (SSSR count). The molecule has 1 aromatic rings. The van der Waals surface area contributed by atoms with E-state index in [9.17, 15) is 9.59 Å². The molecular formula is C16H23N3O4. The Bertz CT molecular complexity index is 574. The van der Waals surface area contributed by atoms with Gasteiger partial charge in [0, 0.05) is 6.54 Å². The minimum atomic E-state index is -0.703. The van der Waals surface area contributed by atoms with E-state index in [2.05, 4.69) is 10.6 Å². The smallest absolute Gasteiger partial charge is 0.312 e. The Hall–Kier alpha value is -2.44. The molecule has 0 aliphatic carbocycles. The Morgan fingerprint density at radius 3 is 2.57 bits per heavy atom. The van der Waals surface area contributed by atoms with Crippen molar-refractivity contribution in [1.82, 2.24) is 10.6 Å². The molecule has 0 radical (unpaired) electrons. The third-order valence-corrected chi connectivity index (χ3v) is 3.57. The number of primary amides is 1. The monoisotopic (exact) mass is 321 g/mol. The highest BCUT2D eigenvalue weighted by Gasteiger charge is 2.22. The van der Waals surface area contributed by atoms with E-state index in [1.807, 2.05) is 32.0 Å². The molecule has 0 fully saturated rings. The lowest BCUT2D eigenvalue weighted by atomic mass is 10.0. The summed E-state index contributed by atoms with van der Waals surface area (Å²) in [4.78, 5) is 23.1. The van der Waals surface area contributed by atoms with Crippen molar-refractivity contribution in [2.24, 2.45) is 11.7 Å². The van der Waals surface area contributed by atoms with Gasteiger partial charge in [0.15, 0.2) is 11.5 Å². The largest absolute Gasteiger partial charge is 0.486 e. The zero-order valence-corrected chi connectivity index (χ0v) is 13.4. The summed E-state index contributed by atoms with van der Waals surface area (Å²) in [5.74, 6) is 1.19. The minimum absolute atomic E-state index is 0.0446. The molecule has 23 heavy (non-hydrogen) atoms. The average molecular weight is 321 g/mol. The standard InChI is InChI=1S/C16H23N3O4/c1-10(2)14(19-16(17)21)15(20)18-6-5-11-3-4-12-13(9-11)23-8-7-22-12/h3-4,9-10,14H,5-8H2,1-2H3,(H,18,20)(H3,17,19,21). The fourth-order valence-corrected chi connectivity index (χ4v) is 2.37. The second-order valence-corrected chi connectivity index (χ2v) is 5.75. The molecule has 126 valence electrons. The van der Waals surface area contributed by atoms with Crippen LogP contribution in [0, 0.1) is 5.92 Å². The summed E-state index contributed by atoms with van der Waals surface area (Å²) in [6, 6.07) is 4.40. The first-order chi connectivity index (χ1) is 11.0. The van der Waals surface area contributed by atoms with E-state index in [4.69, 9.17) is 15.2 Å². The summed E-state index contributed by atoms with van der Waals surface area (Å²) in [5, 5.41) is 5.28. The maximum atomic E-state index is 12.1. The zero-order valence-electron chi connectivity index (χ0n) is 13.4. The highest BCUT2D eigenvalue weighted by Crippen LogP contribution is 2.30. The zero-order chi connectivity index (χ0) is 16.8. The maximum absolute atomic E-state index is 12.1. The van der Waals surface area contributed by atoms with E-state index >= 15 is 0 Å². The number of nitrogens with one attached hydrogen (secondary N) is 2. The highest BCUT2D eigenvalue weighted by molar-refractivity contribution is 5.86. The number of urea groups is 1. The quantitative estimate of drug-likeness (QED) is 0.721. The number of carbonyl (C=O) groups excluding carboxylic acids is 2. The van der Waals surface area contributed by atoms with E-state index in [1.54, 1.807) is 0 Å². The van der Waals surface area contributed by atoms with Gasteiger partial charge in [-0.3, -0.25) is 4.79 Å². The number of hydrogen-bond acceptors (Lipinski definition) is 4. The Labute approximate surface area is 135 Å². The van der Waals surface area contributed by atoms with Crippen LogP contribution in [0.1, 0.15) is 19.4 Å². The molecule has 1 atom stereocenters. The molecule has 3 amide bonds. The van der Waals surface area contributed by atoms with Crippen LogP contribution in [0.25, 0.3) is 0 Å². The van der Waals surface area contributed by atoms with Crippen LogP contribution in [0.2, 0.25) is 0 Å². The van der Waals surface area contributed by atoms with Crippen molar-refractivity contribution in [3.05, 3.63) is 23.8 Å². The molecule has 0 spiro atoms. The molecule has 1 aliphatic rings. The molecule has 4 N–H and O–H groups in total. The third kappa shape index (κ3) is 4.77. The first-order valence-corrected chi connectivity index (χ1v) is 7.69. The Morgan fingerprint density at radius 2 is 1.91 bits per heavy atom. The molecular weight excluding hydrogens is 298 g/mol. The van der Waals surface area contributed by atoms with Gasteiger partial charge in [0.1, 0.15) is 19.3 Å². The SMILES string of the molecule is CC(C)C(NC(N)=O)C(=O)NCCc1ccc2c(c1)OCCO2. The number of rotatable bonds is 6. The minimum Gasteiger partial charge on any atom is -0.486 e. The van der Waals surface area contributed by atoms with Gasteiger partial charge in [-0.25, -0.2) is 4.79 Å². The second kappa shape index (κ2) is 7.71. The predicted octanol–water partition coefficient (Wildman–Crippen LogP) is 0.809. The van der Waals surface area contributed by atoms with Gasteiger partial charge < -0.3 is 25.8 Å². The van der Waals surface area contributed by atoms with Crippen LogP contribution in [0.4, 0.5) is 4.79 Å². The maximum Gasteiger partial charge on any atom is 0.312 e. The molecule has 7 nitrogen and oxygen atoms in total. The summed E-state index contributed by atoms with van der Waals surface area (Å²) in [6.45, 7) is 5.26. The summed E-state index contributed by atoms with van der Waals surface area (Å²) < 4.78 is 11.0. The van der Waals surface area contributed by atoms with Crippen molar-refractivity contribution >= 4 is 11.9 Å². The van der Waals surface area contributed by atoms with Crippen molar-refractivity contribution in [2.45, 2.75) is 26.3 Å². The van der Waals surface area contributed by atoms with Crippen molar-refractivity contribution < 1.29 is 19.1 Å². The van der Waals surface area contributed by atoms with E-state index < -0.39 is 12.1 Å². The van der Waals surface area contributed by atoms with Gasteiger partial charge in [-0.2, -0.15) is 0 Å². The van der Waals surface area contributed by atoms with Gasteiger partial charge in [0.05, 0.1) is 0 Å². The van der Waals surface area contributed by atoms with Crippen LogP contribution in [0.15, 0.2) is 18.2 Å². The van der Waals surface area contributed by atoms with Crippen molar-refractivity contribution in [3.63, 3.8) is 0 Å². The highest BCUT2D eigenvalue weighted by atomic mass is 16.6. The molecule has 0 aromatic heterocycles. The van der Waals surface area contributed by atoms with Gasteiger partial charge in [-0.1, -0.05) is 19.9 Å². The van der Waals surface area contributed by atoms with Crippen LogP contribution in [-0.4, -0.2) is 37.7 Å². The van der Waals surface area contributed by atoms with Gasteiger partial charge in [0.2, 0.25) is 5.91 Å². The lowest BCUT2D eigenvalue weighted by molar-refractivity contribution is -0.123. The number of hydrogen-bond donors (Lipinski definition) is 3. The Balaban J connectivity index is 1.86. The number of benzene rings is 1. The van der Waals surface area contributed by atoms with Gasteiger partial charge >= 0.3 is 6.03 Å². The number of ether oxygens (including phenoxy) is 2. The molecule has 0 saturated carbocycles. The Morgan fingerprint density at radius 1 is 1.22 bits per heavy atom. The number of carbonyl (C=O) groups is 2. The molecule has 7 heteroatoms. The van der Waals surface area contributed by atoms with Crippen molar-refractivity contribution in [1.29, 1.82) is 0 Å². The number of nitrogens with two attached hydrogens (primary N) is 1. The van der Waals surface area contributed by atoms with Crippen LogP contribution in [0.3, 0.4) is 0 Å². The van der Waals surface area contributed by atoms with E-state index in [-0.39, 0.29) is 11.8 Å². The number of fused-ring (bicyclic) bond motifs is 1. The van der Waals surface area contributed by atoms with Crippen molar-refractivity contribution in [2.75, 3.05) is 19.8 Å². The average Bonchev–Trinajstić information content (AvgIpc) is 2.52. The molecule has 1 aliphatic heterocycles. The molecule has 0 bridgehead atoms.